The molecule has 1 amide bonds. The van der Waals surface area contributed by atoms with Gasteiger partial charge < -0.3 is 15.4 Å². The molecular weight excluding hydrogens is 376 g/mol. The van der Waals surface area contributed by atoms with Crippen LogP contribution >= 0.6 is 11.6 Å². The molecule has 0 saturated heterocycles. The third-order valence-electron chi connectivity index (χ3n) is 4.26. The van der Waals surface area contributed by atoms with Gasteiger partial charge >= 0.3 is 0 Å². The molecule has 2 aromatic carbocycles. The summed E-state index contributed by atoms with van der Waals surface area (Å²) >= 11 is 5.89. The first-order chi connectivity index (χ1) is 13.7. The number of ether oxygens (including phenoxy) is 1. The predicted octanol–water partition coefficient (Wildman–Crippen LogP) is 4.34. The zero-order chi connectivity index (χ0) is 19.3. The van der Waals surface area contributed by atoms with Crippen LogP contribution in [-0.2, 0) is 6.61 Å². The highest BCUT2D eigenvalue weighted by Gasteiger charge is 2.24. The Morgan fingerprint density at radius 2 is 1.82 bits per heavy atom. The summed E-state index contributed by atoms with van der Waals surface area (Å²) in [6.07, 6.45) is 3.45. The van der Waals surface area contributed by atoms with Crippen molar-refractivity contribution in [2.45, 2.75) is 25.5 Å². The van der Waals surface area contributed by atoms with E-state index in [2.05, 4.69) is 20.6 Å². The average molecular weight is 395 g/mol. The lowest BCUT2D eigenvalue weighted by Crippen LogP contribution is -2.26. The first-order valence-electron chi connectivity index (χ1n) is 9.03. The predicted molar refractivity (Wildman–Crippen MR) is 108 cm³/mol. The number of carbonyl (C=O) groups excluding carboxylic acids is 1. The van der Waals surface area contributed by atoms with E-state index in [0.717, 1.165) is 29.8 Å². The van der Waals surface area contributed by atoms with Gasteiger partial charge in [-0.1, -0.05) is 23.7 Å². The monoisotopic (exact) mass is 394 g/mol. The summed E-state index contributed by atoms with van der Waals surface area (Å²) in [5.74, 6) is 1.15. The van der Waals surface area contributed by atoms with Crippen molar-refractivity contribution in [1.29, 1.82) is 0 Å². The Labute approximate surface area is 167 Å². The fourth-order valence-electron chi connectivity index (χ4n) is 2.57. The highest BCUT2D eigenvalue weighted by atomic mass is 35.5. The van der Waals surface area contributed by atoms with Crippen LogP contribution in [-0.4, -0.2) is 21.9 Å². The first-order valence-corrected chi connectivity index (χ1v) is 9.41. The van der Waals surface area contributed by atoms with E-state index in [1.54, 1.807) is 6.07 Å². The first kappa shape index (κ1) is 18.3. The number of benzene rings is 2. The molecule has 28 heavy (non-hydrogen) atoms. The Morgan fingerprint density at radius 1 is 1.07 bits per heavy atom. The van der Waals surface area contributed by atoms with E-state index in [-0.39, 0.29) is 5.91 Å². The smallest absolute Gasteiger partial charge is 0.270 e. The molecule has 1 aliphatic carbocycles. The van der Waals surface area contributed by atoms with E-state index in [1.807, 2.05) is 48.5 Å². The maximum atomic E-state index is 12.1. The topological polar surface area (TPSA) is 76.1 Å². The van der Waals surface area contributed by atoms with Crippen LogP contribution in [0.1, 0.15) is 28.9 Å². The number of hydrogen-bond donors (Lipinski definition) is 2. The SMILES string of the molecule is O=C(NC1CC1)c1cc(Nc2ccc(OCc3ccc(Cl)cc3)cc2)ncn1. The lowest BCUT2D eigenvalue weighted by atomic mass is 10.2. The molecule has 0 radical (unpaired) electrons. The van der Waals surface area contributed by atoms with Crippen LogP contribution in [0.15, 0.2) is 60.9 Å². The second-order valence-electron chi connectivity index (χ2n) is 6.60. The minimum absolute atomic E-state index is 0.168. The zero-order valence-corrected chi connectivity index (χ0v) is 15.8. The van der Waals surface area contributed by atoms with Gasteiger partial charge in [-0.2, -0.15) is 0 Å². The van der Waals surface area contributed by atoms with Crippen molar-refractivity contribution in [3.8, 4) is 5.75 Å². The molecule has 4 rings (SSSR count). The van der Waals surface area contributed by atoms with Crippen LogP contribution in [0.4, 0.5) is 11.5 Å². The van der Waals surface area contributed by atoms with Crippen LogP contribution < -0.4 is 15.4 Å². The maximum Gasteiger partial charge on any atom is 0.270 e. The summed E-state index contributed by atoms with van der Waals surface area (Å²) in [5.41, 5.74) is 2.24. The number of halogens is 1. The molecule has 142 valence electrons. The third-order valence-corrected chi connectivity index (χ3v) is 4.51. The van der Waals surface area contributed by atoms with E-state index in [1.165, 1.54) is 6.33 Å². The van der Waals surface area contributed by atoms with Crippen molar-refractivity contribution in [2.75, 3.05) is 5.32 Å². The van der Waals surface area contributed by atoms with Gasteiger partial charge in [0.2, 0.25) is 0 Å². The molecule has 1 aromatic heterocycles. The third kappa shape index (κ3) is 4.98. The Hall–Kier alpha value is -3.12. The molecule has 1 heterocycles. The lowest BCUT2D eigenvalue weighted by molar-refractivity contribution is 0.0946. The van der Waals surface area contributed by atoms with E-state index in [4.69, 9.17) is 16.3 Å². The minimum Gasteiger partial charge on any atom is -0.489 e. The molecule has 0 bridgehead atoms. The number of carbonyl (C=O) groups is 1. The molecule has 0 spiro atoms. The van der Waals surface area contributed by atoms with Crippen LogP contribution in [0.2, 0.25) is 5.02 Å². The van der Waals surface area contributed by atoms with Gasteiger partial charge in [-0.3, -0.25) is 4.79 Å². The van der Waals surface area contributed by atoms with E-state index in [9.17, 15) is 4.79 Å². The second kappa shape index (κ2) is 8.27. The molecule has 1 saturated carbocycles. The second-order valence-corrected chi connectivity index (χ2v) is 7.04. The van der Waals surface area contributed by atoms with Crippen LogP contribution in [0.25, 0.3) is 0 Å². The summed E-state index contributed by atoms with van der Waals surface area (Å²) in [7, 11) is 0. The van der Waals surface area contributed by atoms with Crippen molar-refractivity contribution in [3.05, 3.63) is 77.2 Å². The Kier molecular flexibility index (Phi) is 5.39. The zero-order valence-electron chi connectivity index (χ0n) is 15.1. The largest absolute Gasteiger partial charge is 0.489 e. The number of rotatable bonds is 7. The standard InChI is InChI=1S/C21H19ClN4O2/c22-15-3-1-14(2-4-15)12-28-18-9-7-16(8-10-18)25-20-11-19(23-13-24-20)21(27)26-17-5-6-17/h1-4,7-11,13,17H,5-6,12H2,(H,26,27)(H,23,24,25). The molecule has 6 nitrogen and oxygen atoms in total. The normalized spacial score (nSPS) is 13.0. The summed E-state index contributed by atoms with van der Waals surface area (Å²) in [6, 6.07) is 17.0. The van der Waals surface area contributed by atoms with Gasteiger partial charge in [-0.15, -0.1) is 0 Å². The average Bonchev–Trinajstić information content (AvgIpc) is 3.53. The van der Waals surface area contributed by atoms with Gasteiger partial charge in [0.25, 0.3) is 5.91 Å². The molecule has 0 unspecified atom stereocenters. The number of aromatic nitrogens is 2. The molecule has 2 N–H and O–H groups in total. The molecule has 0 aliphatic heterocycles. The number of anilines is 2. The van der Waals surface area contributed by atoms with Gasteiger partial charge in [0.1, 0.15) is 30.2 Å². The van der Waals surface area contributed by atoms with Crippen molar-refractivity contribution >= 4 is 29.0 Å². The van der Waals surface area contributed by atoms with E-state index in [0.29, 0.717) is 29.2 Å². The van der Waals surface area contributed by atoms with Crippen molar-refractivity contribution in [1.82, 2.24) is 15.3 Å². The molecule has 7 heteroatoms. The summed E-state index contributed by atoms with van der Waals surface area (Å²) in [5, 5.41) is 6.80. The highest BCUT2D eigenvalue weighted by molar-refractivity contribution is 6.30. The fourth-order valence-corrected chi connectivity index (χ4v) is 2.69. The van der Waals surface area contributed by atoms with E-state index < -0.39 is 0 Å². The lowest BCUT2D eigenvalue weighted by Gasteiger charge is -2.09. The number of nitrogens with one attached hydrogen (secondary N) is 2. The molecule has 3 aromatic rings. The Bertz CT molecular complexity index is 957. The Balaban J connectivity index is 1.35. The summed E-state index contributed by atoms with van der Waals surface area (Å²) in [6.45, 7) is 0.468. The van der Waals surface area contributed by atoms with Gasteiger partial charge in [0.05, 0.1) is 0 Å². The van der Waals surface area contributed by atoms with Gasteiger partial charge in [-0.25, -0.2) is 9.97 Å². The number of amides is 1. The fraction of sp³-hybridized carbons (Fsp3) is 0.190. The van der Waals surface area contributed by atoms with Crippen molar-refractivity contribution in [2.24, 2.45) is 0 Å². The van der Waals surface area contributed by atoms with Gasteiger partial charge in [0, 0.05) is 22.8 Å². The quantitative estimate of drug-likeness (QED) is 0.623. The molecule has 0 atom stereocenters. The van der Waals surface area contributed by atoms with E-state index >= 15 is 0 Å². The summed E-state index contributed by atoms with van der Waals surface area (Å²) in [4.78, 5) is 20.3. The minimum atomic E-state index is -0.168. The number of nitrogens with zero attached hydrogens (tertiary/aromatic N) is 2. The van der Waals surface area contributed by atoms with Crippen molar-refractivity contribution < 1.29 is 9.53 Å². The van der Waals surface area contributed by atoms with Gasteiger partial charge in [-0.05, 0) is 54.8 Å². The Morgan fingerprint density at radius 3 is 2.54 bits per heavy atom. The highest BCUT2D eigenvalue weighted by Crippen LogP contribution is 2.21. The molecule has 1 fully saturated rings. The van der Waals surface area contributed by atoms with Crippen LogP contribution in [0.5, 0.6) is 5.75 Å². The molecule has 1 aliphatic rings. The van der Waals surface area contributed by atoms with Crippen LogP contribution in [0.3, 0.4) is 0 Å². The number of hydrogen-bond acceptors (Lipinski definition) is 5. The van der Waals surface area contributed by atoms with Gasteiger partial charge in [0.15, 0.2) is 0 Å². The van der Waals surface area contributed by atoms with Crippen LogP contribution in [0, 0.1) is 0 Å². The van der Waals surface area contributed by atoms with Crippen molar-refractivity contribution in [3.63, 3.8) is 0 Å². The maximum absolute atomic E-state index is 12.1. The summed E-state index contributed by atoms with van der Waals surface area (Å²) < 4.78 is 5.78. The molecular formula is C21H19ClN4O2.